The lowest BCUT2D eigenvalue weighted by molar-refractivity contribution is -0.119. The third-order valence-electron chi connectivity index (χ3n) is 14.6. The summed E-state index contributed by atoms with van der Waals surface area (Å²) in [6.45, 7) is 12.2. The molecule has 0 aromatic rings. The summed E-state index contributed by atoms with van der Waals surface area (Å²) in [6, 6.07) is 0. The normalized spacial score (nSPS) is 31.4. The van der Waals surface area contributed by atoms with Gasteiger partial charge in [-0.3, -0.25) is 28.8 Å². The van der Waals surface area contributed by atoms with Crippen LogP contribution in [0.3, 0.4) is 0 Å². The van der Waals surface area contributed by atoms with E-state index >= 15 is 0 Å². The summed E-state index contributed by atoms with van der Waals surface area (Å²) < 4.78 is 33.5. The van der Waals surface area contributed by atoms with Crippen LogP contribution in [0, 0.1) is 23.7 Å². The third-order valence-corrected chi connectivity index (χ3v) is 14.6. The molecule has 23 nitrogen and oxygen atoms in total. The number of aliphatic hydroxyl groups is 2. The van der Waals surface area contributed by atoms with Gasteiger partial charge in [-0.05, 0) is 88.4 Å². The van der Waals surface area contributed by atoms with Crippen molar-refractivity contribution in [1.82, 2.24) is 26.6 Å². The smallest absolute Gasteiger partial charge is 0.405 e. The number of nitrogens with two attached hydrogens (primary N) is 2. The number of ketones is 4. The number of allylic oxidation sites excluding steroid dienone is 8. The van der Waals surface area contributed by atoms with Crippen molar-refractivity contribution >= 4 is 47.1 Å². The highest BCUT2D eigenvalue weighted by molar-refractivity contribution is 6.24. The number of primary amides is 2. The van der Waals surface area contributed by atoms with E-state index in [1.54, 1.807) is 52.0 Å². The number of hydrogen-bond acceptors (Lipinski definition) is 19. The van der Waals surface area contributed by atoms with Gasteiger partial charge in [0.15, 0.2) is 12.2 Å². The third kappa shape index (κ3) is 20.6. The number of ether oxygens (including phenoxy) is 6. The van der Waals surface area contributed by atoms with Gasteiger partial charge in [0, 0.05) is 88.8 Å². The quantitative estimate of drug-likeness (QED) is 0.0608. The van der Waals surface area contributed by atoms with E-state index in [0.717, 1.165) is 24.3 Å². The number of aliphatic hydroxyl groups excluding tert-OH is 2. The largest absolute Gasteiger partial charge is 0.439 e. The maximum absolute atomic E-state index is 14.1. The Morgan fingerprint density at radius 3 is 1.29 bits per heavy atom. The molecule has 4 bridgehead atoms. The standard InChI is InChI=1S/C60H85N7O16/c1-33-25-39-51(43(68)31-41(55(39)74)66-49(70)19-13-11-17-45(78-7)57(82-59(61)76)37(5)29-35(3)53(72)47(27-33)80-9)64-23-15-21-63-22-16-24-65-52-40-26-34(2)28-48(81-10)54(73)36(4)30-38(6)58(83-60(62)77)46(79-8)18-12-14-20-50(71)67-42(56(40)75)32-44(52)69/h11-14,17-20,29-36,45-48,53-54,57-58,63-65,72-73H,15-16,21-28H2,1-10H3,(H2,61,76)(H2,62,77)(H,66,70)(H,67,71)/b17-11-,18-12-,19-13+,20-14+,37-29+,38-30+. The number of nitrogens with one attached hydrogen (secondary N) is 5. The van der Waals surface area contributed by atoms with Crippen molar-refractivity contribution in [3.05, 3.63) is 118 Å². The van der Waals surface area contributed by atoms with E-state index in [4.69, 9.17) is 39.9 Å². The van der Waals surface area contributed by atoms with E-state index in [9.17, 15) is 48.6 Å². The number of methoxy groups -OCH3 is 4. The summed E-state index contributed by atoms with van der Waals surface area (Å²) in [4.78, 5) is 106. The number of carbonyl (C=O) groups is 8. The molecule has 11 N–H and O–H groups in total. The van der Waals surface area contributed by atoms with Gasteiger partial charge in [0.2, 0.25) is 34.9 Å². The molecule has 0 fully saturated rings. The van der Waals surface area contributed by atoms with E-state index in [2.05, 4.69) is 26.6 Å². The van der Waals surface area contributed by atoms with Crippen molar-refractivity contribution in [3.63, 3.8) is 0 Å². The van der Waals surface area contributed by atoms with Gasteiger partial charge in [0.25, 0.3) is 0 Å². The van der Waals surface area contributed by atoms with Crippen LogP contribution in [0.4, 0.5) is 9.59 Å². The number of rotatable bonds is 16. The Morgan fingerprint density at radius 1 is 0.578 bits per heavy atom. The number of amides is 4. The average molecular weight is 1160 g/mol. The second-order valence-corrected chi connectivity index (χ2v) is 21.3. The van der Waals surface area contributed by atoms with Gasteiger partial charge in [0.05, 0.1) is 47.2 Å². The van der Waals surface area contributed by atoms with E-state index in [-0.39, 0.29) is 84.5 Å². The number of Topliss-reactive ketones (excluding diaryl/α,β-unsaturated/α-hetero) is 2. The lowest BCUT2D eigenvalue weighted by atomic mass is 9.85. The van der Waals surface area contributed by atoms with Crippen LogP contribution in [0.5, 0.6) is 0 Å². The molecule has 23 heteroatoms. The molecule has 0 aromatic carbocycles. The highest BCUT2D eigenvalue weighted by atomic mass is 16.6. The molecule has 2 aliphatic carbocycles. The first kappa shape index (κ1) is 68.4. The monoisotopic (exact) mass is 1160 g/mol. The first-order valence-corrected chi connectivity index (χ1v) is 27.8. The van der Waals surface area contributed by atoms with Crippen molar-refractivity contribution in [2.45, 2.75) is 129 Å². The van der Waals surface area contributed by atoms with Gasteiger partial charge in [0.1, 0.15) is 12.2 Å². The van der Waals surface area contributed by atoms with Gasteiger partial charge < -0.3 is 76.7 Å². The lowest BCUT2D eigenvalue weighted by Gasteiger charge is -2.30. The Kier molecular flexibility index (Phi) is 27.9. The van der Waals surface area contributed by atoms with Crippen molar-refractivity contribution in [2.75, 3.05) is 54.6 Å². The highest BCUT2D eigenvalue weighted by Gasteiger charge is 2.36. The fraction of sp³-hybridized carbons (Fsp3) is 0.533. The summed E-state index contributed by atoms with van der Waals surface area (Å²) in [5, 5.41) is 37.8. The molecular formula is C60H85N7O16. The molecule has 12 unspecified atom stereocenters. The SMILES string of the molecule is COC1/C=C\C=C\C(=O)NC2=CC(=O)C(NCCCNCCCNC3=C4CC(C)CC(OC)C(O)C(C)/C=C(\C)C(OC(N)=O)C(OC)/C=C\C=C\C(=O)NC(=CC3=O)C4=O)=C(CC(C)CC(OC)C(O)C(C)/C=C(\C)C1OC(N)=O)C2=O. The minimum atomic E-state index is -1.05. The Labute approximate surface area is 485 Å². The molecule has 4 amide bonds. The van der Waals surface area contributed by atoms with E-state index in [1.807, 2.05) is 13.8 Å². The highest BCUT2D eigenvalue weighted by Crippen LogP contribution is 2.31. The minimum Gasteiger partial charge on any atom is -0.439 e. The first-order chi connectivity index (χ1) is 39.4. The predicted molar refractivity (Wildman–Crippen MR) is 308 cm³/mol. The number of hydrogen-bond donors (Lipinski definition) is 9. The summed E-state index contributed by atoms with van der Waals surface area (Å²) in [5.41, 5.74) is 12.0. The minimum absolute atomic E-state index is 0.0928. The first-order valence-electron chi connectivity index (χ1n) is 27.8. The molecule has 0 radical (unpaired) electrons. The van der Waals surface area contributed by atoms with Gasteiger partial charge in [-0.1, -0.05) is 76.3 Å². The van der Waals surface area contributed by atoms with Crippen LogP contribution in [0.2, 0.25) is 0 Å². The molecule has 0 saturated heterocycles. The zero-order chi connectivity index (χ0) is 61.5. The molecule has 2 heterocycles. The van der Waals surface area contributed by atoms with Crippen LogP contribution in [0.1, 0.15) is 80.1 Å². The molecule has 4 aliphatic rings. The van der Waals surface area contributed by atoms with Crippen molar-refractivity contribution < 1.29 is 77.0 Å². The summed E-state index contributed by atoms with van der Waals surface area (Å²) in [7, 11) is 5.74. The summed E-state index contributed by atoms with van der Waals surface area (Å²) in [5.74, 6) is -5.16. The van der Waals surface area contributed by atoms with E-state index in [1.165, 1.54) is 52.7 Å². The van der Waals surface area contributed by atoms with Crippen LogP contribution in [0.25, 0.3) is 0 Å². The Hall–Kier alpha value is -7.12. The Morgan fingerprint density at radius 2 is 0.952 bits per heavy atom. The molecule has 456 valence electrons. The molecule has 0 aromatic heterocycles. The zero-order valence-electron chi connectivity index (χ0n) is 49.2. The molecule has 2 aliphatic heterocycles. The molecule has 0 saturated carbocycles. The molecular weight excluding hydrogens is 1070 g/mol. The predicted octanol–water partition coefficient (Wildman–Crippen LogP) is 3.31. The van der Waals surface area contributed by atoms with Gasteiger partial charge >= 0.3 is 12.2 Å². The average Bonchev–Trinajstić information content (AvgIpc) is 3.60. The van der Waals surface area contributed by atoms with E-state index in [0.29, 0.717) is 37.1 Å². The van der Waals surface area contributed by atoms with Gasteiger partial charge in [-0.25, -0.2) is 9.59 Å². The molecule has 83 heavy (non-hydrogen) atoms. The second-order valence-electron chi connectivity index (χ2n) is 21.3. The molecule has 4 rings (SSSR count). The molecule has 0 spiro atoms. The second kappa shape index (κ2) is 33.9. The van der Waals surface area contributed by atoms with Crippen LogP contribution < -0.4 is 38.1 Å². The summed E-state index contributed by atoms with van der Waals surface area (Å²) in [6.07, 6.45) is 9.33. The van der Waals surface area contributed by atoms with Gasteiger partial charge in [-0.15, -0.1) is 0 Å². The van der Waals surface area contributed by atoms with Crippen molar-refractivity contribution in [2.24, 2.45) is 35.1 Å². The fourth-order valence-electron chi connectivity index (χ4n) is 10.3. The molecule has 12 atom stereocenters. The number of fused-ring (bicyclic) bond motifs is 4. The Balaban J connectivity index is 1.46. The maximum Gasteiger partial charge on any atom is 0.405 e. The fourth-order valence-corrected chi connectivity index (χ4v) is 10.3. The van der Waals surface area contributed by atoms with Crippen LogP contribution in [0.15, 0.2) is 118 Å². The van der Waals surface area contributed by atoms with Crippen LogP contribution in [-0.2, 0) is 57.2 Å². The lowest BCUT2D eigenvalue weighted by Crippen LogP contribution is -2.38. The topological polar surface area (TPSA) is 345 Å². The van der Waals surface area contributed by atoms with Crippen molar-refractivity contribution in [3.8, 4) is 0 Å². The van der Waals surface area contributed by atoms with Crippen LogP contribution in [-0.4, -0.2) is 161 Å². The maximum atomic E-state index is 14.1. The van der Waals surface area contributed by atoms with Gasteiger partial charge in [-0.2, -0.15) is 0 Å². The summed E-state index contributed by atoms with van der Waals surface area (Å²) >= 11 is 0. The number of carbonyl (C=O) groups excluding carboxylic acids is 8. The van der Waals surface area contributed by atoms with E-state index < -0.39 is 108 Å². The van der Waals surface area contributed by atoms with Crippen LogP contribution >= 0.6 is 0 Å². The Bertz CT molecular complexity index is 2500. The zero-order valence-corrected chi connectivity index (χ0v) is 49.2. The van der Waals surface area contributed by atoms with Crippen molar-refractivity contribution in [1.29, 1.82) is 0 Å².